The van der Waals surface area contributed by atoms with Crippen LogP contribution in [0.4, 0.5) is 0 Å². The van der Waals surface area contributed by atoms with E-state index in [0.29, 0.717) is 11.1 Å². The Balaban J connectivity index is 2.80. The lowest BCUT2D eigenvalue weighted by Crippen LogP contribution is -2.23. The molecule has 4 heteroatoms. The number of esters is 2. The molecule has 1 rings (SSSR count). The van der Waals surface area contributed by atoms with E-state index in [-0.39, 0.29) is 24.1 Å². The van der Waals surface area contributed by atoms with Crippen molar-refractivity contribution in [3.8, 4) is 0 Å². The summed E-state index contributed by atoms with van der Waals surface area (Å²) in [5, 5.41) is 0. The van der Waals surface area contributed by atoms with E-state index >= 15 is 0 Å². The van der Waals surface area contributed by atoms with Crippen molar-refractivity contribution in [1.29, 1.82) is 0 Å². The molecule has 0 aromatic heterocycles. The van der Waals surface area contributed by atoms with E-state index in [9.17, 15) is 9.59 Å². The van der Waals surface area contributed by atoms with Gasteiger partial charge in [0.05, 0.1) is 11.1 Å². The number of benzene rings is 1. The van der Waals surface area contributed by atoms with Crippen LogP contribution in [0.5, 0.6) is 0 Å². The zero-order valence-electron chi connectivity index (χ0n) is 35.1. The second-order valence-corrected chi connectivity index (χ2v) is 15.9. The van der Waals surface area contributed by atoms with Gasteiger partial charge in [-0.15, -0.1) is 0 Å². The van der Waals surface area contributed by atoms with Gasteiger partial charge in [0.25, 0.3) is 0 Å². The third-order valence-electron chi connectivity index (χ3n) is 10.9. The van der Waals surface area contributed by atoms with Gasteiger partial charge < -0.3 is 9.47 Å². The summed E-state index contributed by atoms with van der Waals surface area (Å²) in [6, 6.07) is 7.18. The maximum atomic E-state index is 13.7. The van der Waals surface area contributed by atoms with Crippen molar-refractivity contribution < 1.29 is 19.1 Å². The molecule has 0 amide bonds. The van der Waals surface area contributed by atoms with Gasteiger partial charge >= 0.3 is 11.9 Å². The molecule has 0 aliphatic heterocycles. The number of hydrogen-bond donors (Lipinski definition) is 0. The summed E-state index contributed by atoms with van der Waals surface area (Å²) in [6.07, 6.45) is 41.2. The van der Waals surface area contributed by atoms with Gasteiger partial charge in [-0.2, -0.15) is 0 Å². The van der Waals surface area contributed by atoms with Gasteiger partial charge in [-0.05, 0) is 63.5 Å². The summed E-state index contributed by atoms with van der Waals surface area (Å²) in [7, 11) is 0. The highest BCUT2D eigenvalue weighted by atomic mass is 16.5. The second-order valence-electron chi connectivity index (χ2n) is 15.9. The minimum Gasteiger partial charge on any atom is -0.459 e. The highest BCUT2D eigenvalue weighted by Crippen LogP contribution is 2.23. The lowest BCUT2D eigenvalue weighted by molar-refractivity contribution is 0.0201. The summed E-state index contributed by atoms with van der Waals surface area (Å²) in [5.41, 5.74) is 0.711. The third kappa shape index (κ3) is 26.9. The lowest BCUT2D eigenvalue weighted by atomic mass is 10.0. The number of carbonyl (C=O) groups excluding carboxylic acids is 2. The monoisotopic (exact) mass is 727 g/mol. The second kappa shape index (κ2) is 36.2. The van der Waals surface area contributed by atoms with E-state index in [1.54, 1.807) is 12.1 Å². The molecule has 0 saturated carbocycles. The highest BCUT2D eigenvalue weighted by Gasteiger charge is 2.24. The molecule has 0 spiro atoms. The van der Waals surface area contributed by atoms with Crippen molar-refractivity contribution in [1.82, 2.24) is 0 Å². The van der Waals surface area contributed by atoms with Gasteiger partial charge in [0.15, 0.2) is 0 Å². The number of unbranched alkanes of at least 4 members (excludes halogenated alkanes) is 26. The summed E-state index contributed by atoms with van der Waals surface area (Å²) in [5.74, 6) is -0.739. The number of hydrogen-bond acceptors (Lipinski definition) is 4. The third-order valence-corrected chi connectivity index (χ3v) is 10.9. The molecule has 1 aromatic rings. The molecule has 0 radical (unpaired) electrons. The molecule has 0 heterocycles. The van der Waals surface area contributed by atoms with Crippen molar-refractivity contribution in [3.63, 3.8) is 0 Å². The Bertz CT molecular complexity index is 867. The Morgan fingerprint density at radius 2 is 0.577 bits per heavy atom. The maximum Gasteiger partial charge on any atom is 0.339 e. The molecule has 4 nitrogen and oxygen atoms in total. The van der Waals surface area contributed by atoms with Crippen molar-refractivity contribution in [2.45, 2.75) is 258 Å². The molecule has 0 bridgehead atoms. The van der Waals surface area contributed by atoms with E-state index in [0.717, 1.165) is 51.4 Å². The number of rotatable bonds is 38. The molecular formula is C48H86O4. The topological polar surface area (TPSA) is 52.6 Å². The van der Waals surface area contributed by atoms with Gasteiger partial charge in [0, 0.05) is 0 Å². The Morgan fingerprint density at radius 3 is 0.808 bits per heavy atom. The summed E-state index contributed by atoms with van der Waals surface area (Å²) in [4.78, 5) is 27.4. The Morgan fingerprint density at radius 1 is 0.365 bits per heavy atom. The maximum absolute atomic E-state index is 13.7. The molecule has 2 unspecified atom stereocenters. The van der Waals surface area contributed by atoms with Crippen LogP contribution in [0.1, 0.15) is 267 Å². The van der Waals surface area contributed by atoms with E-state index in [4.69, 9.17) is 9.47 Å². The Labute approximate surface area is 323 Å². The minimum absolute atomic E-state index is 0.0978. The van der Waals surface area contributed by atoms with Crippen LogP contribution in [0.15, 0.2) is 24.3 Å². The van der Waals surface area contributed by atoms with Crippen LogP contribution in [0, 0.1) is 0 Å². The first-order valence-electron chi connectivity index (χ1n) is 23.1. The molecule has 52 heavy (non-hydrogen) atoms. The normalized spacial score (nSPS) is 12.5. The molecule has 0 fully saturated rings. The van der Waals surface area contributed by atoms with Gasteiger partial charge in [-0.3, -0.25) is 0 Å². The fourth-order valence-corrected chi connectivity index (χ4v) is 7.46. The van der Waals surface area contributed by atoms with Crippen LogP contribution in [0.25, 0.3) is 0 Å². The van der Waals surface area contributed by atoms with Crippen molar-refractivity contribution in [2.75, 3.05) is 0 Å². The first-order chi connectivity index (χ1) is 25.6. The highest BCUT2D eigenvalue weighted by molar-refractivity contribution is 6.03. The van der Waals surface area contributed by atoms with Crippen molar-refractivity contribution in [2.24, 2.45) is 0 Å². The summed E-state index contributed by atoms with van der Waals surface area (Å²) < 4.78 is 12.5. The minimum atomic E-state index is -0.370. The molecule has 2 atom stereocenters. The first kappa shape index (κ1) is 48.2. The average molecular weight is 727 g/mol. The molecule has 0 aliphatic carbocycles. The molecule has 0 saturated heterocycles. The van der Waals surface area contributed by atoms with Crippen LogP contribution in [0.2, 0.25) is 0 Å². The molecule has 302 valence electrons. The molecule has 1 aromatic carbocycles. The average Bonchev–Trinajstić information content (AvgIpc) is 3.15. The fourth-order valence-electron chi connectivity index (χ4n) is 7.46. The molecule has 0 aliphatic rings. The predicted molar refractivity (Wildman–Crippen MR) is 225 cm³/mol. The smallest absolute Gasteiger partial charge is 0.339 e. The summed E-state index contributed by atoms with van der Waals surface area (Å²) in [6.45, 7) is 9.04. The Hall–Kier alpha value is -1.84. The lowest BCUT2D eigenvalue weighted by Gasteiger charge is -2.21. The predicted octanol–water partition coefficient (Wildman–Crippen LogP) is 16.1. The SMILES string of the molecule is CCCCCCCCCCCC(CCCCCCCC)OC(=O)c1ccccc1C(=O)OC(CCCCCCCC)CCCCCCCCCCC. The van der Waals surface area contributed by atoms with Crippen LogP contribution >= 0.6 is 0 Å². The van der Waals surface area contributed by atoms with Crippen molar-refractivity contribution >= 4 is 11.9 Å². The van der Waals surface area contributed by atoms with E-state index in [1.807, 2.05) is 12.1 Å². The van der Waals surface area contributed by atoms with E-state index < -0.39 is 0 Å². The van der Waals surface area contributed by atoms with E-state index in [2.05, 4.69) is 27.7 Å². The standard InChI is InChI=1S/C48H86O4/c1-5-9-13-17-21-23-25-29-33-39-43(37-31-27-19-15-11-7-3)51-47(49)45-41-35-36-42-46(45)48(50)52-44(38-32-28-20-16-12-8-4)40-34-30-26-24-22-18-14-10-6-2/h35-36,41-44H,5-34,37-40H2,1-4H3. The molecule has 0 N–H and O–H groups in total. The zero-order chi connectivity index (χ0) is 37.7. The number of ether oxygens (including phenoxy) is 2. The van der Waals surface area contributed by atoms with Crippen molar-refractivity contribution in [3.05, 3.63) is 35.4 Å². The quantitative estimate of drug-likeness (QED) is 0.0503. The molecular weight excluding hydrogens is 641 g/mol. The number of carbonyl (C=O) groups is 2. The fraction of sp³-hybridized carbons (Fsp3) is 0.833. The summed E-state index contributed by atoms with van der Waals surface area (Å²) >= 11 is 0. The van der Waals surface area contributed by atoms with Crippen LogP contribution in [0.3, 0.4) is 0 Å². The van der Waals surface area contributed by atoms with Crippen LogP contribution < -0.4 is 0 Å². The van der Waals surface area contributed by atoms with Gasteiger partial charge in [0.1, 0.15) is 12.2 Å². The zero-order valence-corrected chi connectivity index (χ0v) is 35.1. The van der Waals surface area contributed by atoms with Crippen LogP contribution in [-0.4, -0.2) is 24.1 Å². The Kier molecular flexibility index (Phi) is 33.5. The van der Waals surface area contributed by atoms with Gasteiger partial charge in [0.2, 0.25) is 0 Å². The van der Waals surface area contributed by atoms with Gasteiger partial charge in [-0.1, -0.05) is 207 Å². The van der Waals surface area contributed by atoms with Crippen LogP contribution in [-0.2, 0) is 9.47 Å². The van der Waals surface area contributed by atoms with Gasteiger partial charge in [-0.25, -0.2) is 9.59 Å². The largest absolute Gasteiger partial charge is 0.459 e. The first-order valence-corrected chi connectivity index (χ1v) is 23.1. The van der Waals surface area contributed by atoms with E-state index in [1.165, 1.54) is 167 Å².